The number of para-hydroxylation sites is 1. The van der Waals surface area contributed by atoms with Gasteiger partial charge in [0.25, 0.3) is 10.0 Å². The summed E-state index contributed by atoms with van der Waals surface area (Å²) in [6.45, 7) is 2.51. The molecular formula is C24H28N2O5S2. The first-order valence-corrected chi connectivity index (χ1v) is 13.3. The zero-order chi connectivity index (χ0) is 23.5. The number of nitrogens with one attached hydrogen (secondary N) is 1. The Bertz CT molecular complexity index is 1090. The second-order valence-electron chi connectivity index (χ2n) is 7.09. The summed E-state index contributed by atoms with van der Waals surface area (Å²) in [5.41, 5.74) is 0.426. The van der Waals surface area contributed by atoms with Crippen molar-refractivity contribution in [2.24, 2.45) is 0 Å². The van der Waals surface area contributed by atoms with Crippen molar-refractivity contribution in [1.29, 1.82) is 0 Å². The molecule has 0 bridgehead atoms. The van der Waals surface area contributed by atoms with Crippen molar-refractivity contribution in [3.8, 4) is 5.75 Å². The molecule has 33 heavy (non-hydrogen) atoms. The van der Waals surface area contributed by atoms with E-state index in [1.165, 1.54) is 12.1 Å². The Hall–Kier alpha value is -2.91. The van der Waals surface area contributed by atoms with Crippen LogP contribution >= 0.6 is 11.8 Å². The number of carbonyl (C=O) groups is 1. The number of sulfonamides is 1. The van der Waals surface area contributed by atoms with E-state index in [1.807, 2.05) is 19.1 Å². The summed E-state index contributed by atoms with van der Waals surface area (Å²) in [7, 11) is -3.94. The number of hydrogen-bond acceptors (Lipinski definition) is 6. The van der Waals surface area contributed by atoms with Gasteiger partial charge in [0.05, 0.1) is 29.2 Å². The van der Waals surface area contributed by atoms with Crippen LogP contribution < -0.4 is 14.4 Å². The van der Waals surface area contributed by atoms with Crippen LogP contribution in [0.2, 0.25) is 0 Å². The van der Waals surface area contributed by atoms with E-state index in [-0.39, 0.29) is 17.3 Å². The highest BCUT2D eigenvalue weighted by molar-refractivity contribution is 7.98. The molecule has 3 aromatic rings. The van der Waals surface area contributed by atoms with Crippen LogP contribution in [-0.2, 0) is 20.6 Å². The van der Waals surface area contributed by atoms with Crippen LogP contribution in [0, 0.1) is 0 Å². The van der Waals surface area contributed by atoms with Crippen LogP contribution in [0.5, 0.6) is 5.75 Å². The average molecular weight is 489 g/mol. The fourth-order valence-electron chi connectivity index (χ4n) is 3.07. The molecule has 7 nitrogen and oxygen atoms in total. The monoisotopic (exact) mass is 488 g/mol. The Kier molecular flexibility index (Phi) is 9.26. The van der Waals surface area contributed by atoms with E-state index in [1.54, 1.807) is 60.5 Å². The minimum absolute atomic E-state index is 0.0944. The number of rotatable bonds is 13. The Morgan fingerprint density at radius 2 is 1.82 bits per heavy atom. The smallest absolute Gasteiger partial charge is 0.264 e. The van der Waals surface area contributed by atoms with Crippen molar-refractivity contribution in [3.63, 3.8) is 0 Å². The summed E-state index contributed by atoms with van der Waals surface area (Å²) in [5.74, 6) is 2.79. The number of carbonyl (C=O) groups excluding carboxylic acids is 1. The lowest BCUT2D eigenvalue weighted by Gasteiger charge is -2.24. The van der Waals surface area contributed by atoms with Crippen LogP contribution in [0.4, 0.5) is 5.69 Å². The number of nitrogens with zero attached hydrogens (tertiary/aromatic N) is 1. The molecular weight excluding hydrogens is 460 g/mol. The lowest BCUT2D eigenvalue weighted by molar-refractivity contribution is -0.119. The van der Waals surface area contributed by atoms with Crippen molar-refractivity contribution in [2.45, 2.75) is 24.0 Å². The third-order valence-electron chi connectivity index (χ3n) is 4.67. The summed E-state index contributed by atoms with van der Waals surface area (Å²) in [5, 5.41) is 2.82. The van der Waals surface area contributed by atoms with Gasteiger partial charge in [0.15, 0.2) is 0 Å². The quantitative estimate of drug-likeness (QED) is 0.361. The van der Waals surface area contributed by atoms with E-state index < -0.39 is 10.0 Å². The van der Waals surface area contributed by atoms with Crippen LogP contribution in [0.3, 0.4) is 0 Å². The predicted molar refractivity (Wildman–Crippen MR) is 131 cm³/mol. The van der Waals surface area contributed by atoms with Crippen molar-refractivity contribution < 1.29 is 22.4 Å². The standard InChI is InChI=1S/C24H28N2O5S2/c1-2-30-21-11-13-23(14-12-21)33(28,29)26(20-8-4-3-5-9-20)18-24(27)25-15-7-17-32-19-22-10-6-16-31-22/h3-6,8-14,16H,2,7,15,17-19H2,1H3,(H,25,27). The maximum Gasteiger partial charge on any atom is 0.264 e. The highest BCUT2D eigenvalue weighted by Crippen LogP contribution is 2.25. The molecule has 1 amide bonds. The summed E-state index contributed by atoms with van der Waals surface area (Å²) in [4.78, 5) is 12.7. The van der Waals surface area contributed by atoms with Gasteiger partial charge in [-0.25, -0.2) is 8.42 Å². The SMILES string of the molecule is CCOc1ccc(S(=O)(=O)N(CC(=O)NCCCSCc2ccco2)c2ccccc2)cc1. The van der Waals surface area contributed by atoms with E-state index >= 15 is 0 Å². The molecule has 9 heteroatoms. The number of thioether (sulfide) groups is 1. The highest BCUT2D eigenvalue weighted by atomic mass is 32.2. The average Bonchev–Trinajstić information content (AvgIpc) is 3.34. The van der Waals surface area contributed by atoms with E-state index in [4.69, 9.17) is 9.15 Å². The molecule has 0 aliphatic heterocycles. The fourth-order valence-corrected chi connectivity index (χ4v) is 5.35. The molecule has 3 rings (SSSR count). The van der Waals surface area contributed by atoms with Gasteiger partial charge >= 0.3 is 0 Å². The third-order valence-corrected chi connectivity index (χ3v) is 7.52. The summed E-state index contributed by atoms with van der Waals surface area (Å²) in [6, 6.07) is 18.6. The minimum Gasteiger partial charge on any atom is -0.494 e. The minimum atomic E-state index is -3.94. The molecule has 2 aromatic carbocycles. The first-order chi connectivity index (χ1) is 16.0. The first-order valence-electron chi connectivity index (χ1n) is 10.7. The molecule has 0 atom stereocenters. The maximum atomic E-state index is 13.4. The van der Waals surface area contributed by atoms with Gasteiger partial charge < -0.3 is 14.5 Å². The lowest BCUT2D eigenvalue weighted by atomic mass is 10.3. The normalized spacial score (nSPS) is 11.2. The van der Waals surface area contributed by atoms with Crippen molar-refractivity contribution in [1.82, 2.24) is 5.32 Å². The Labute approximate surface area is 199 Å². The molecule has 0 aliphatic carbocycles. The predicted octanol–water partition coefficient (Wildman–Crippen LogP) is 4.31. The topological polar surface area (TPSA) is 88.9 Å². The highest BCUT2D eigenvalue weighted by Gasteiger charge is 2.27. The van der Waals surface area contributed by atoms with Crippen molar-refractivity contribution >= 4 is 33.4 Å². The summed E-state index contributed by atoms with van der Waals surface area (Å²) >= 11 is 1.72. The zero-order valence-corrected chi connectivity index (χ0v) is 20.1. The van der Waals surface area contributed by atoms with Crippen LogP contribution in [0.1, 0.15) is 19.1 Å². The van der Waals surface area contributed by atoms with Gasteiger partial charge in [0.2, 0.25) is 5.91 Å². The number of amides is 1. The third kappa shape index (κ3) is 7.30. The Morgan fingerprint density at radius 1 is 1.06 bits per heavy atom. The number of ether oxygens (including phenoxy) is 1. The van der Waals surface area contributed by atoms with Crippen LogP contribution in [-0.4, -0.2) is 39.8 Å². The van der Waals surface area contributed by atoms with E-state index in [9.17, 15) is 13.2 Å². The Balaban J connectivity index is 1.60. The molecule has 0 radical (unpaired) electrons. The molecule has 0 fully saturated rings. The molecule has 0 saturated carbocycles. The summed E-state index contributed by atoms with van der Waals surface area (Å²) in [6.07, 6.45) is 2.42. The van der Waals surface area contributed by atoms with E-state index in [2.05, 4.69) is 5.32 Å². The van der Waals surface area contributed by atoms with Gasteiger partial charge in [-0.15, -0.1) is 0 Å². The summed E-state index contributed by atoms with van der Waals surface area (Å²) < 4.78 is 38.5. The zero-order valence-electron chi connectivity index (χ0n) is 18.5. The second-order valence-corrected chi connectivity index (χ2v) is 10.1. The van der Waals surface area contributed by atoms with E-state index in [0.717, 1.165) is 28.0 Å². The first kappa shape index (κ1) is 24.7. The van der Waals surface area contributed by atoms with Gasteiger partial charge in [-0.1, -0.05) is 18.2 Å². The molecule has 1 aromatic heterocycles. The van der Waals surface area contributed by atoms with Crippen molar-refractivity contribution in [3.05, 3.63) is 78.8 Å². The molecule has 0 saturated heterocycles. The fraction of sp³-hybridized carbons (Fsp3) is 0.292. The second kappa shape index (κ2) is 12.4. The number of furan rings is 1. The molecule has 0 aliphatic rings. The molecule has 176 valence electrons. The number of benzene rings is 2. The van der Waals surface area contributed by atoms with Crippen LogP contribution in [0.15, 0.2) is 82.3 Å². The lowest BCUT2D eigenvalue weighted by Crippen LogP contribution is -2.41. The maximum absolute atomic E-state index is 13.4. The van der Waals surface area contributed by atoms with E-state index in [0.29, 0.717) is 24.6 Å². The van der Waals surface area contributed by atoms with Gasteiger partial charge in [0.1, 0.15) is 18.1 Å². The molecule has 0 spiro atoms. The van der Waals surface area contributed by atoms with Gasteiger partial charge in [-0.3, -0.25) is 9.10 Å². The number of hydrogen-bond donors (Lipinski definition) is 1. The number of anilines is 1. The largest absolute Gasteiger partial charge is 0.494 e. The molecule has 0 unspecified atom stereocenters. The van der Waals surface area contributed by atoms with Gasteiger partial charge in [0, 0.05) is 6.54 Å². The van der Waals surface area contributed by atoms with Crippen LogP contribution in [0.25, 0.3) is 0 Å². The van der Waals surface area contributed by atoms with Gasteiger partial charge in [-0.05, 0) is 67.6 Å². The van der Waals surface area contributed by atoms with Gasteiger partial charge in [-0.2, -0.15) is 11.8 Å². The molecule has 1 N–H and O–H groups in total. The molecule has 1 heterocycles. The Morgan fingerprint density at radius 3 is 2.48 bits per heavy atom. The van der Waals surface area contributed by atoms with Crippen molar-refractivity contribution in [2.75, 3.05) is 29.8 Å².